The molecule has 1 aliphatic carbocycles. The van der Waals surface area contributed by atoms with Gasteiger partial charge in [-0.3, -0.25) is 14.3 Å². The van der Waals surface area contributed by atoms with Crippen LogP contribution in [0.15, 0.2) is 71.6 Å². The van der Waals surface area contributed by atoms with E-state index < -0.39 is 33.7 Å². The molecule has 8 heteroatoms. The first-order valence-corrected chi connectivity index (χ1v) is 10.2. The fourth-order valence-corrected chi connectivity index (χ4v) is 4.35. The summed E-state index contributed by atoms with van der Waals surface area (Å²) in [5.74, 6) is -3.16. The maximum Gasteiger partial charge on any atom is 0.307 e. The smallest absolute Gasteiger partial charge is 0.307 e. The molecule has 146 valence electrons. The van der Waals surface area contributed by atoms with Crippen molar-refractivity contribution in [1.29, 1.82) is 0 Å². The molecule has 0 saturated heterocycles. The number of amides is 1. The van der Waals surface area contributed by atoms with Gasteiger partial charge in [0.05, 0.1) is 17.5 Å². The number of benzene rings is 2. The number of rotatable bonds is 6. The van der Waals surface area contributed by atoms with Gasteiger partial charge in [-0.05, 0) is 37.1 Å². The normalized spacial score (nSPS) is 19.0. The Labute approximate surface area is 163 Å². The van der Waals surface area contributed by atoms with E-state index in [-0.39, 0.29) is 17.0 Å². The molecule has 3 rings (SSSR count). The number of carboxylic acids is 1. The molecule has 0 heterocycles. The third-order valence-corrected chi connectivity index (χ3v) is 5.99. The molecule has 1 aliphatic rings. The second-order valence-electron chi connectivity index (χ2n) is 6.45. The number of carbonyl (C=O) groups excluding carboxylic acids is 1. The Hall–Kier alpha value is -3.13. The summed E-state index contributed by atoms with van der Waals surface area (Å²) < 4.78 is 28.0. The minimum Gasteiger partial charge on any atom is -0.481 e. The van der Waals surface area contributed by atoms with Crippen LogP contribution in [-0.4, -0.2) is 25.4 Å². The first-order chi connectivity index (χ1) is 13.4. The average molecular weight is 400 g/mol. The Morgan fingerprint density at radius 3 is 2.18 bits per heavy atom. The van der Waals surface area contributed by atoms with Crippen molar-refractivity contribution in [3.05, 3.63) is 66.7 Å². The van der Waals surface area contributed by atoms with Crippen molar-refractivity contribution in [2.75, 3.05) is 10.0 Å². The molecule has 2 aromatic rings. The van der Waals surface area contributed by atoms with Crippen molar-refractivity contribution in [2.24, 2.45) is 11.8 Å². The number of hydrogen-bond donors (Lipinski definition) is 3. The van der Waals surface area contributed by atoms with E-state index in [0.29, 0.717) is 12.1 Å². The van der Waals surface area contributed by atoms with Crippen LogP contribution in [0.5, 0.6) is 0 Å². The second kappa shape index (κ2) is 8.26. The fraction of sp³-hybridized carbons (Fsp3) is 0.200. The summed E-state index contributed by atoms with van der Waals surface area (Å²) >= 11 is 0. The molecule has 3 N–H and O–H groups in total. The molecule has 0 aliphatic heterocycles. The first-order valence-electron chi connectivity index (χ1n) is 8.74. The summed E-state index contributed by atoms with van der Waals surface area (Å²) in [6, 6.07) is 14.4. The zero-order chi connectivity index (χ0) is 20.1. The van der Waals surface area contributed by atoms with Gasteiger partial charge in [0, 0.05) is 5.69 Å². The van der Waals surface area contributed by atoms with E-state index in [0.717, 1.165) is 0 Å². The molecule has 0 saturated carbocycles. The van der Waals surface area contributed by atoms with Crippen LogP contribution >= 0.6 is 0 Å². The van der Waals surface area contributed by atoms with Crippen molar-refractivity contribution >= 4 is 33.3 Å². The van der Waals surface area contributed by atoms with Gasteiger partial charge in [-0.15, -0.1) is 0 Å². The minimum absolute atomic E-state index is 0.0922. The maximum atomic E-state index is 12.8. The fourth-order valence-electron chi connectivity index (χ4n) is 3.12. The largest absolute Gasteiger partial charge is 0.481 e. The van der Waals surface area contributed by atoms with Crippen LogP contribution in [0.4, 0.5) is 11.4 Å². The number of carboxylic acid groups (broad SMARTS) is 1. The average Bonchev–Trinajstić information content (AvgIpc) is 2.68. The van der Waals surface area contributed by atoms with Crippen LogP contribution in [-0.2, 0) is 19.6 Å². The maximum absolute atomic E-state index is 12.8. The van der Waals surface area contributed by atoms with E-state index in [1.54, 1.807) is 54.6 Å². The Morgan fingerprint density at radius 2 is 1.50 bits per heavy atom. The van der Waals surface area contributed by atoms with Gasteiger partial charge in [0.25, 0.3) is 10.0 Å². The zero-order valence-corrected chi connectivity index (χ0v) is 15.7. The molecule has 28 heavy (non-hydrogen) atoms. The Balaban J connectivity index is 1.85. The summed E-state index contributed by atoms with van der Waals surface area (Å²) in [6.45, 7) is 0. The number of hydrogen-bond acceptors (Lipinski definition) is 4. The van der Waals surface area contributed by atoms with Gasteiger partial charge in [0.2, 0.25) is 5.91 Å². The Morgan fingerprint density at radius 1 is 0.893 bits per heavy atom. The number of nitrogens with one attached hydrogen (secondary N) is 2. The van der Waals surface area contributed by atoms with Crippen LogP contribution in [0.25, 0.3) is 0 Å². The molecule has 1 amide bonds. The van der Waals surface area contributed by atoms with E-state index in [9.17, 15) is 23.1 Å². The highest BCUT2D eigenvalue weighted by atomic mass is 32.2. The van der Waals surface area contributed by atoms with Crippen molar-refractivity contribution in [2.45, 2.75) is 17.7 Å². The number of carbonyl (C=O) groups is 2. The van der Waals surface area contributed by atoms with E-state index >= 15 is 0 Å². The lowest BCUT2D eigenvalue weighted by molar-refractivity contribution is -0.146. The van der Waals surface area contributed by atoms with Gasteiger partial charge < -0.3 is 10.4 Å². The van der Waals surface area contributed by atoms with Crippen molar-refractivity contribution < 1.29 is 23.1 Å². The number of allylic oxidation sites excluding steroid dienone is 2. The summed E-state index contributed by atoms with van der Waals surface area (Å²) in [6.07, 6.45) is 4.07. The van der Waals surface area contributed by atoms with Gasteiger partial charge in [-0.2, -0.15) is 0 Å². The molecule has 0 spiro atoms. The highest BCUT2D eigenvalue weighted by Crippen LogP contribution is 2.29. The summed E-state index contributed by atoms with van der Waals surface area (Å²) in [7, 11) is -3.95. The van der Waals surface area contributed by atoms with E-state index in [2.05, 4.69) is 10.0 Å². The van der Waals surface area contributed by atoms with Crippen molar-refractivity contribution in [3.8, 4) is 0 Å². The van der Waals surface area contributed by atoms with E-state index in [4.69, 9.17) is 0 Å². The molecule has 0 aromatic heterocycles. The van der Waals surface area contributed by atoms with Gasteiger partial charge >= 0.3 is 5.97 Å². The van der Waals surface area contributed by atoms with E-state index in [1.165, 1.54) is 12.1 Å². The quantitative estimate of drug-likeness (QED) is 0.645. The number of aliphatic carboxylic acids is 1. The van der Waals surface area contributed by atoms with Gasteiger partial charge in [-0.25, -0.2) is 8.42 Å². The monoisotopic (exact) mass is 400 g/mol. The predicted molar refractivity (Wildman–Crippen MR) is 105 cm³/mol. The molecular weight excluding hydrogens is 380 g/mol. The summed E-state index contributed by atoms with van der Waals surface area (Å²) in [5, 5.41) is 12.0. The van der Waals surface area contributed by atoms with Crippen molar-refractivity contribution in [1.82, 2.24) is 0 Å². The van der Waals surface area contributed by atoms with Gasteiger partial charge in [0.15, 0.2) is 0 Å². The molecule has 0 radical (unpaired) electrons. The number of sulfonamides is 1. The highest BCUT2D eigenvalue weighted by Gasteiger charge is 2.34. The van der Waals surface area contributed by atoms with E-state index in [1.807, 2.05) is 0 Å². The molecule has 0 unspecified atom stereocenters. The molecule has 2 atom stereocenters. The molecular formula is C20H20N2O5S. The van der Waals surface area contributed by atoms with Crippen molar-refractivity contribution in [3.63, 3.8) is 0 Å². The lowest BCUT2D eigenvalue weighted by atomic mass is 9.82. The topological polar surface area (TPSA) is 113 Å². The number of para-hydroxylation sites is 2. The van der Waals surface area contributed by atoms with Gasteiger partial charge in [-0.1, -0.05) is 42.5 Å². The van der Waals surface area contributed by atoms with Crippen LogP contribution < -0.4 is 10.0 Å². The SMILES string of the molecule is O=C(O)[C@H]1CC=CC[C@@H]1C(=O)Nc1ccccc1S(=O)(=O)Nc1ccccc1. The summed E-state index contributed by atoms with van der Waals surface area (Å²) in [4.78, 5) is 24.0. The Bertz CT molecular complexity index is 1000. The minimum atomic E-state index is -3.95. The lowest BCUT2D eigenvalue weighted by Gasteiger charge is -2.24. The standard InChI is InChI=1S/C20H20N2O5S/c23-19(15-10-4-5-11-16(15)20(24)25)21-17-12-6-7-13-18(17)28(26,27)22-14-8-2-1-3-9-14/h1-9,12-13,15-16,22H,10-11H2,(H,21,23)(H,24,25)/t15-,16-/m0/s1. The van der Waals surface area contributed by atoms with Crippen LogP contribution in [0.1, 0.15) is 12.8 Å². The molecule has 0 fully saturated rings. The van der Waals surface area contributed by atoms with Crippen LogP contribution in [0.2, 0.25) is 0 Å². The number of anilines is 2. The highest BCUT2D eigenvalue weighted by molar-refractivity contribution is 7.92. The predicted octanol–water partition coefficient (Wildman–Crippen LogP) is 3.09. The second-order valence-corrected chi connectivity index (χ2v) is 8.10. The molecule has 0 bridgehead atoms. The molecule has 7 nitrogen and oxygen atoms in total. The third kappa shape index (κ3) is 4.40. The third-order valence-electron chi connectivity index (χ3n) is 4.55. The van der Waals surface area contributed by atoms with Crippen LogP contribution in [0, 0.1) is 11.8 Å². The van der Waals surface area contributed by atoms with Crippen LogP contribution in [0.3, 0.4) is 0 Å². The zero-order valence-electron chi connectivity index (χ0n) is 14.9. The summed E-state index contributed by atoms with van der Waals surface area (Å²) in [5.41, 5.74) is 0.501. The lowest BCUT2D eigenvalue weighted by Crippen LogP contribution is -2.35. The van der Waals surface area contributed by atoms with Gasteiger partial charge in [0.1, 0.15) is 4.90 Å². The first kappa shape index (κ1) is 19.6. The molecule has 2 aromatic carbocycles. The Kier molecular flexibility index (Phi) is 5.79.